The van der Waals surface area contributed by atoms with E-state index in [1.807, 2.05) is 40.7 Å². The van der Waals surface area contributed by atoms with Crippen LogP contribution < -0.4 is 5.32 Å². The molecule has 0 fully saturated rings. The van der Waals surface area contributed by atoms with Crippen LogP contribution in [0, 0.1) is 5.82 Å². The zero-order valence-corrected chi connectivity index (χ0v) is 29.3. The van der Waals surface area contributed by atoms with Gasteiger partial charge in [-0.15, -0.1) is 0 Å². The Morgan fingerprint density at radius 2 is 1.57 bits per heavy atom. The van der Waals surface area contributed by atoms with Gasteiger partial charge < -0.3 is 14.8 Å². The molecule has 0 aliphatic heterocycles. The van der Waals surface area contributed by atoms with Crippen molar-refractivity contribution >= 4 is 29.4 Å². The van der Waals surface area contributed by atoms with Crippen LogP contribution in [0.3, 0.4) is 0 Å². The van der Waals surface area contributed by atoms with Crippen molar-refractivity contribution in [1.29, 1.82) is 0 Å². The van der Waals surface area contributed by atoms with Gasteiger partial charge >= 0.3 is 0 Å². The van der Waals surface area contributed by atoms with Gasteiger partial charge in [0.2, 0.25) is 5.91 Å². The maximum absolute atomic E-state index is 12.6. The monoisotopic (exact) mass is 609 g/mol. The van der Waals surface area contributed by atoms with Crippen LogP contribution in [0.4, 0.5) is 4.39 Å². The van der Waals surface area contributed by atoms with E-state index in [-0.39, 0.29) is 17.0 Å². The molecule has 1 amide bonds. The summed E-state index contributed by atoms with van der Waals surface area (Å²) in [4.78, 5) is 20.7. The molecule has 4 nitrogen and oxygen atoms in total. The number of nitrogens with one attached hydrogen (secondary N) is 1. The fraction of sp³-hybridized carbons (Fsp3) is 0.556. The van der Waals surface area contributed by atoms with Gasteiger partial charge in [-0.3, -0.25) is 4.79 Å². The van der Waals surface area contributed by atoms with Crippen molar-refractivity contribution in [3.8, 4) is 0 Å². The van der Waals surface area contributed by atoms with Crippen LogP contribution in [0.25, 0.3) is 5.57 Å². The van der Waals surface area contributed by atoms with Crippen molar-refractivity contribution in [2.24, 2.45) is 0 Å². The Balaban J connectivity index is -0.000000283. The number of ether oxygens (including phenoxy) is 1. The maximum atomic E-state index is 12.6. The number of hydrogen-bond acceptors (Lipinski definition) is 3. The number of amides is 1. The third-order valence-corrected chi connectivity index (χ3v) is 5.18. The highest BCUT2D eigenvalue weighted by Crippen LogP contribution is 2.20. The molecular weight excluding hydrogens is 549 g/mol. The van der Waals surface area contributed by atoms with E-state index < -0.39 is 5.82 Å². The third-order valence-electron chi connectivity index (χ3n) is 4.89. The first-order valence-corrected chi connectivity index (χ1v) is 15.6. The molecule has 0 aliphatic carbocycles. The molecule has 0 saturated carbocycles. The van der Waals surface area contributed by atoms with E-state index in [9.17, 15) is 9.18 Å². The van der Waals surface area contributed by atoms with Gasteiger partial charge in [0.25, 0.3) is 0 Å². The molecule has 0 spiro atoms. The molecule has 6 heteroatoms. The first-order chi connectivity index (χ1) is 19.8. The predicted molar refractivity (Wildman–Crippen MR) is 184 cm³/mol. The molecule has 0 atom stereocenters. The van der Waals surface area contributed by atoms with Crippen LogP contribution in [-0.4, -0.2) is 24.8 Å². The first kappa shape index (κ1) is 46.3. The van der Waals surface area contributed by atoms with Gasteiger partial charge in [0.15, 0.2) is 0 Å². The lowest BCUT2D eigenvalue weighted by molar-refractivity contribution is -0.120. The maximum Gasteiger partial charge on any atom is 0.224 e. The molecule has 0 aromatic heterocycles. The van der Waals surface area contributed by atoms with Gasteiger partial charge in [-0.25, -0.2) is 4.39 Å². The fourth-order valence-corrected chi connectivity index (χ4v) is 2.73. The minimum Gasteiger partial charge on any atom is -0.494 e. The van der Waals surface area contributed by atoms with E-state index in [1.54, 1.807) is 18.2 Å². The molecule has 1 rings (SSSR count). The standard InChI is InChI=1S/C18H31NO2.C9H8ClF.C4H10.C3H8.C2H4O/c1-7-9-10-11-21-17(8-2)12-16(14(3)4)13-18(20)19-15(5)6;1-6(2)7-3-4-9(11)8(10)5-7;1-3-4-2;1-3-2;1-2-3/h8,12,15H,2,7,9-11,13H2,1,3-6H3,(H,19,20);3-5H,1H2,2H3;3-4H2,1-2H3;3H2,1-2H3;2H,1H3/b17-12+;;;;. The lowest BCUT2D eigenvalue weighted by Crippen LogP contribution is -2.30. The topological polar surface area (TPSA) is 55.4 Å². The van der Waals surface area contributed by atoms with Crippen molar-refractivity contribution in [3.63, 3.8) is 0 Å². The number of hydrogen-bond donors (Lipinski definition) is 1. The van der Waals surface area contributed by atoms with Crippen LogP contribution in [-0.2, 0) is 14.3 Å². The van der Waals surface area contributed by atoms with E-state index in [0.29, 0.717) is 13.0 Å². The van der Waals surface area contributed by atoms with E-state index in [2.05, 4.69) is 53.1 Å². The molecular formula is C36H61ClFNO3. The Hall–Kier alpha value is -2.66. The fourth-order valence-electron chi connectivity index (χ4n) is 2.55. The normalized spacial score (nSPS) is 9.62. The van der Waals surface area contributed by atoms with E-state index in [0.717, 1.165) is 47.2 Å². The van der Waals surface area contributed by atoms with Crippen molar-refractivity contribution in [2.45, 2.75) is 127 Å². The Bertz CT molecular complexity index is 914. The lowest BCUT2D eigenvalue weighted by atomic mass is 10.1. The molecule has 1 N–H and O–H groups in total. The number of aldehydes is 1. The summed E-state index contributed by atoms with van der Waals surface area (Å²) in [6, 6.07) is 4.72. The quantitative estimate of drug-likeness (QED) is 0.111. The van der Waals surface area contributed by atoms with Crippen LogP contribution in [0.1, 0.15) is 127 Å². The summed E-state index contributed by atoms with van der Waals surface area (Å²) >= 11 is 5.54. The largest absolute Gasteiger partial charge is 0.494 e. The van der Waals surface area contributed by atoms with E-state index in [1.165, 1.54) is 38.7 Å². The van der Waals surface area contributed by atoms with Gasteiger partial charge in [-0.1, -0.05) is 109 Å². The van der Waals surface area contributed by atoms with Crippen LogP contribution in [0.15, 0.2) is 60.4 Å². The summed E-state index contributed by atoms with van der Waals surface area (Å²) < 4.78 is 18.3. The molecule has 0 radical (unpaired) electrons. The van der Waals surface area contributed by atoms with E-state index in [4.69, 9.17) is 21.1 Å². The van der Waals surface area contributed by atoms with E-state index >= 15 is 0 Å². The second kappa shape index (κ2) is 32.8. The van der Waals surface area contributed by atoms with Crippen molar-refractivity contribution in [2.75, 3.05) is 6.61 Å². The Labute approximate surface area is 263 Å². The smallest absolute Gasteiger partial charge is 0.224 e. The number of halogens is 2. The highest BCUT2D eigenvalue weighted by Gasteiger charge is 2.08. The molecule has 0 heterocycles. The summed E-state index contributed by atoms with van der Waals surface area (Å²) in [5.74, 6) is 0.378. The van der Waals surface area contributed by atoms with Crippen LogP contribution in [0.2, 0.25) is 5.02 Å². The molecule has 0 saturated heterocycles. The van der Waals surface area contributed by atoms with Crippen LogP contribution in [0.5, 0.6) is 0 Å². The number of allylic oxidation sites excluding steroid dienone is 4. The SMILES string of the molecule is C=C(C)c1ccc(F)c(Cl)c1.C=C/C(=C\C(CC(=O)NC(C)C)=C(C)C)OCCCCC.CC=O.CCC.CCCC. The molecule has 42 heavy (non-hydrogen) atoms. The summed E-state index contributed by atoms with van der Waals surface area (Å²) in [7, 11) is 0. The minimum atomic E-state index is -0.392. The molecule has 1 aromatic carbocycles. The Morgan fingerprint density at radius 1 is 1.05 bits per heavy atom. The lowest BCUT2D eigenvalue weighted by Gasteiger charge is -2.12. The second-order valence-electron chi connectivity index (χ2n) is 10.1. The van der Waals surface area contributed by atoms with Gasteiger partial charge in [-0.2, -0.15) is 0 Å². The number of benzene rings is 1. The molecule has 0 unspecified atom stereocenters. The average molecular weight is 610 g/mol. The number of unbranched alkanes of at least 4 members (excludes halogenated alkanes) is 3. The van der Waals surface area contributed by atoms with Gasteiger partial charge in [-0.05, 0) is 83.4 Å². The number of carbonyl (C=O) groups excluding carboxylic acids is 2. The van der Waals surface area contributed by atoms with Gasteiger partial charge in [0, 0.05) is 6.04 Å². The number of rotatable bonds is 12. The van der Waals surface area contributed by atoms with Crippen molar-refractivity contribution in [1.82, 2.24) is 5.32 Å². The summed E-state index contributed by atoms with van der Waals surface area (Å²) in [6.45, 7) is 30.2. The summed E-state index contributed by atoms with van der Waals surface area (Å²) in [6.07, 6.45) is 12.0. The highest BCUT2D eigenvalue weighted by atomic mass is 35.5. The molecule has 0 bridgehead atoms. The Kier molecular flexibility index (Phi) is 36.2. The zero-order valence-electron chi connectivity index (χ0n) is 28.6. The summed E-state index contributed by atoms with van der Waals surface area (Å²) in [5, 5.41) is 3.05. The van der Waals surface area contributed by atoms with Gasteiger partial charge in [0.1, 0.15) is 17.9 Å². The number of carbonyl (C=O) groups is 2. The van der Waals surface area contributed by atoms with Gasteiger partial charge in [0.05, 0.1) is 18.1 Å². The molecule has 242 valence electrons. The molecule has 1 aromatic rings. The molecule has 0 aliphatic rings. The van der Waals surface area contributed by atoms with Crippen molar-refractivity contribution in [3.05, 3.63) is 76.8 Å². The minimum absolute atomic E-state index is 0.0341. The predicted octanol–water partition coefficient (Wildman–Crippen LogP) is 11.5. The third kappa shape index (κ3) is 31.9. The second-order valence-corrected chi connectivity index (χ2v) is 10.5. The van der Waals surface area contributed by atoms with Crippen LogP contribution >= 0.6 is 11.6 Å². The zero-order chi connectivity index (χ0) is 33.5. The summed E-state index contributed by atoms with van der Waals surface area (Å²) in [5.41, 5.74) is 3.85. The highest BCUT2D eigenvalue weighted by molar-refractivity contribution is 6.30. The van der Waals surface area contributed by atoms with Crippen molar-refractivity contribution < 1.29 is 18.7 Å². The first-order valence-electron chi connectivity index (χ1n) is 15.2. The average Bonchev–Trinajstić information content (AvgIpc) is 2.92. The Morgan fingerprint density at radius 3 is 1.93 bits per heavy atom.